The molecule has 0 atom stereocenters. The van der Waals surface area contributed by atoms with Gasteiger partial charge in [0.05, 0.1) is 17.2 Å². The molecule has 0 unspecified atom stereocenters. The molecule has 5 rings (SSSR count). The number of carbonyl (C=O) groups excluding carboxylic acids is 1. The van der Waals surface area contributed by atoms with Gasteiger partial charge in [-0.15, -0.1) is 0 Å². The predicted molar refractivity (Wildman–Crippen MR) is 118 cm³/mol. The summed E-state index contributed by atoms with van der Waals surface area (Å²) < 4.78 is 20.6. The van der Waals surface area contributed by atoms with Crippen molar-refractivity contribution in [1.29, 1.82) is 0 Å². The zero-order valence-electron chi connectivity index (χ0n) is 17.6. The molecule has 164 valence electrons. The van der Waals surface area contributed by atoms with Crippen LogP contribution < -0.4 is 5.56 Å². The predicted octanol–water partition coefficient (Wildman–Crippen LogP) is 3.18. The molecule has 2 aromatic carbocycles. The normalized spacial score (nSPS) is 18.2. The van der Waals surface area contributed by atoms with Gasteiger partial charge in [0.25, 0.3) is 5.56 Å². The molecule has 0 bridgehead atoms. The molecule has 1 amide bonds. The van der Waals surface area contributed by atoms with E-state index in [9.17, 15) is 14.0 Å². The lowest BCUT2D eigenvalue weighted by Gasteiger charge is -2.46. The standard InChI is InChI=1S/C25H24FN3O3/c26-20-8-4-5-18(15-20)22-9-10-23(30)29(27-22)21-16-28(17-21)24(31)25(11-13-32-14-12-25)19-6-2-1-3-7-19/h1-10,15,21H,11-14,16-17H2. The van der Waals surface area contributed by atoms with Crippen LogP contribution in [0.1, 0.15) is 24.4 Å². The SMILES string of the molecule is O=C(N1CC(n2nc(-c3cccc(F)c3)ccc2=O)C1)C1(c2ccccc2)CCOCC1. The Morgan fingerprint density at radius 1 is 1.00 bits per heavy atom. The van der Waals surface area contributed by atoms with Crippen molar-refractivity contribution in [2.45, 2.75) is 24.3 Å². The number of likely N-dealkylation sites (tertiary alicyclic amines) is 1. The zero-order valence-corrected chi connectivity index (χ0v) is 17.6. The number of rotatable bonds is 4. The summed E-state index contributed by atoms with van der Waals surface area (Å²) in [6.45, 7) is 1.95. The molecular formula is C25H24FN3O3. The van der Waals surface area contributed by atoms with Crippen molar-refractivity contribution in [3.8, 4) is 11.3 Å². The molecule has 0 radical (unpaired) electrons. The topological polar surface area (TPSA) is 64.4 Å². The fourth-order valence-corrected chi connectivity index (χ4v) is 4.67. The second kappa shape index (κ2) is 8.31. The summed E-state index contributed by atoms with van der Waals surface area (Å²) in [7, 11) is 0. The molecule has 0 aliphatic carbocycles. The molecule has 0 N–H and O–H groups in total. The molecule has 2 aliphatic heterocycles. The van der Waals surface area contributed by atoms with Crippen molar-refractivity contribution in [1.82, 2.24) is 14.7 Å². The van der Waals surface area contributed by atoms with Crippen molar-refractivity contribution in [2.24, 2.45) is 0 Å². The van der Waals surface area contributed by atoms with Crippen LogP contribution in [0, 0.1) is 5.82 Å². The smallest absolute Gasteiger partial charge is 0.267 e. The van der Waals surface area contributed by atoms with Gasteiger partial charge in [-0.05, 0) is 36.6 Å². The number of benzene rings is 2. The van der Waals surface area contributed by atoms with Gasteiger partial charge < -0.3 is 9.64 Å². The molecule has 2 fully saturated rings. The third-order valence-electron chi connectivity index (χ3n) is 6.52. The average molecular weight is 433 g/mol. The minimum Gasteiger partial charge on any atom is -0.381 e. The number of nitrogens with zero attached hydrogens (tertiary/aromatic N) is 3. The molecule has 2 aliphatic rings. The first-order valence-corrected chi connectivity index (χ1v) is 10.9. The molecular weight excluding hydrogens is 409 g/mol. The molecule has 0 saturated carbocycles. The van der Waals surface area contributed by atoms with Crippen LogP contribution >= 0.6 is 0 Å². The Morgan fingerprint density at radius 3 is 2.47 bits per heavy atom. The second-order valence-electron chi connectivity index (χ2n) is 8.44. The van der Waals surface area contributed by atoms with Gasteiger partial charge in [0.15, 0.2) is 0 Å². The largest absolute Gasteiger partial charge is 0.381 e. The van der Waals surface area contributed by atoms with Crippen LogP contribution in [-0.2, 0) is 14.9 Å². The molecule has 0 spiro atoms. The lowest BCUT2D eigenvalue weighted by Crippen LogP contribution is -2.59. The lowest BCUT2D eigenvalue weighted by atomic mass is 9.72. The minimum atomic E-state index is -0.591. The maximum absolute atomic E-state index is 13.6. The highest BCUT2D eigenvalue weighted by atomic mass is 19.1. The summed E-state index contributed by atoms with van der Waals surface area (Å²) in [6.07, 6.45) is 1.29. The number of amides is 1. The van der Waals surface area contributed by atoms with Crippen molar-refractivity contribution < 1.29 is 13.9 Å². The first kappa shape index (κ1) is 20.6. The molecule has 32 heavy (non-hydrogen) atoms. The number of halogens is 1. The summed E-state index contributed by atoms with van der Waals surface area (Å²) in [5.74, 6) is -0.275. The summed E-state index contributed by atoms with van der Waals surface area (Å²) in [6, 6.07) is 18.9. The molecule has 3 heterocycles. The van der Waals surface area contributed by atoms with E-state index in [0.717, 1.165) is 5.56 Å². The van der Waals surface area contributed by atoms with Gasteiger partial charge in [0.1, 0.15) is 5.82 Å². The van der Waals surface area contributed by atoms with Crippen molar-refractivity contribution in [2.75, 3.05) is 26.3 Å². The summed E-state index contributed by atoms with van der Waals surface area (Å²) in [5.41, 5.74) is 1.33. The van der Waals surface area contributed by atoms with E-state index in [1.54, 1.807) is 18.2 Å². The van der Waals surface area contributed by atoms with Crippen LogP contribution in [0.15, 0.2) is 71.5 Å². The quantitative estimate of drug-likeness (QED) is 0.634. The fourth-order valence-electron chi connectivity index (χ4n) is 4.67. The average Bonchev–Trinajstić information content (AvgIpc) is 2.80. The van der Waals surface area contributed by atoms with E-state index in [2.05, 4.69) is 5.10 Å². The maximum atomic E-state index is 13.6. The van der Waals surface area contributed by atoms with Crippen LogP contribution in [0.25, 0.3) is 11.3 Å². The van der Waals surface area contributed by atoms with Crippen molar-refractivity contribution in [3.05, 3.63) is 88.5 Å². The Bertz CT molecular complexity index is 1180. The highest BCUT2D eigenvalue weighted by molar-refractivity contribution is 5.89. The van der Waals surface area contributed by atoms with Gasteiger partial charge in [0.2, 0.25) is 5.91 Å². The van der Waals surface area contributed by atoms with Crippen LogP contribution in [0.3, 0.4) is 0 Å². The van der Waals surface area contributed by atoms with Gasteiger partial charge in [-0.3, -0.25) is 9.59 Å². The van der Waals surface area contributed by atoms with Gasteiger partial charge in [0, 0.05) is 37.9 Å². The summed E-state index contributed by atoms with van der Waals surface area (Å²) in [4.78, 5) is 27.9. The van der Waals surface area contributed by atoms with E-state index in [1.165, 1.54) is 22.9 Å². The van der Waals surface area contributed by atoms with Crippen molar-refractivity contribution in [3.63, 3.8) is 0 Å². The van der Waals surface area contributed by atoms with Crippen LogP contribution in [-0.4, -0.2) is 46.9 Å². The number of hydrogen-bond donors (Lipinski definition) is 0. The summed E-state index contributed by atoms with van der Waals surface area (Å²) in [5, 5.41) is 4.47. The fraction of sp³-hybridized carbons (Fsp3) is 0.320. The highest BCUT2D eigenvalue weighted by Gasteiger charge is 2.47. The van der Waals surface area contributed by atoms with Crippen LogP contribution in [0.2, 0.25) is 0 Å². The Kier molecular flexibility index (Phi) is 5.35. The maximum Gasteiger partial charge on any atom is 0.267 e. The first-order valence-electron chi connectivity index (χ1n) is 10.9. The van der Waals surface area contributed by atoms with E-state index < -0.39 is 5.41 Å². The van der Waals surface area contributed by atoms with Gasteiger partial charge in [-0.1, -0.05) is 42.5 Å². The third-order valence-corrected chi connectivity index (χ3v) is 6.52. The number of aromatic nitrogens is 2. The van der Waals surface area contributed by atoms with E-state index in [1.807, 2.05) is 35.2 Å². The van der Waals surface area contributed by atoms with Gasteiger partial charge in [-0.25, -0.2) is 9.07 Å². The lowest BCUT2D eigenvalue weighted by molar-refractivity contribution is -0.147. The van der Waals surface area contributed by atoms with Crippen LogP contribution in [0.5, 0.6) is 0 Å². The number of carbonyl (C=O) groups is 1. The summed E-state index contributed by atoms with van der Waals surface area (Å²) >= 11 is 0. The van der Waals surface area contributed by atoms with Gasteiger partial charge >= 0.3 is 0 Å². The number of ether oxygens (including phenoxy) is 1. The Balaban J connectivity index is 1.37. The monoisotopic (exact) mass is 433 g/mol. The van der Waals surface area contributed by atoms with E-state index >= 15 is 0 Å². The molecule has 6 nitrogen and oxygen atoms in total. The Morgan fingerprint density at radius 2 is 1.75 bits per heavy atom. The van der Waals surface area contributed by atoms with Crippen LogP contribution in [0.4, 0.5) is 4.39 Å². The zero-order chi connectivity index (χ0) is 22.1. The Labute approximate surface area is 185 Å². The van der Waals surface area contributed by atoms with E-state index in [-0.39, 0.29) is 23.3 Å². The molecule has 7 heteroatoms. The van der Waals surface area contributed by atoms with Gasteiger partial charge in [-0.2, -0.15) is 5.10 Å². The molecule has 3 aromatic rings. The minimum absolute atomic E-state index is 0.0811. The third kappa shape index (κ3) is 3.62. The van der Waals surface area contributed by atoms with E-state index in [4.69, 9.17) is 4.74 Å². The Hall–Kier alpha value is -3.32. The highest BCUT2D eigenvalue weighted by Crippen LogP contribution is 2.38. The molecule has 2 saturated heterocycles. The second-order valence-corrected chi connectivity index (χ2v) is 8.44. The van der Waals surface area contributed by atoms with Crippen molar-refractivity contribution >= 4 is 5.91 Å². The number of hydrogen-bond acceptors (Lipinski definition) is 4. The first-order chi connectivity index (χ1) is 15.6. The molecule has 1 aromatic heterocycles. The van der Waals surface area contributed by atoms with E-state index in [0.29, 0.717) is 50.4 Å².